The lowest BCUT2D eigenvalue weighted by atomic mass is 9.97. The van der Waals surface area contributed by atoms with Crippen molar-refractivity contribution in [2.24, 2.45) is 0 Å². The lowest BCUT2D eigenvalue weighted by molar-refractivity contribution is 0.0573. The van der Waals surface area contributed by atoms with E-state index in [1.807, 2.05) is 23.4 Å². The number of anilines is 1. The number of hydrogen-bond acceptors (Lipinski definition) is 6. The Morgan fingerprint density at radius 3 is 2.53 bits per heavy atom. The van der Waals surface area contributed by atoms with Gasteiger partial charge < -0.3 is 15.1 Å². The van der Waals surface area contributed by atoms with Gasteiger partial charge in [-0.2, -0.15) is 5.10 Å². The van der Waals surface area contributed by atoms with Gasteiger partial charge in [0.2, 0.25) is 5.95 Å². The van der Waals surface area contributed by atoms with Crippen molar-refractivity contribution in [1.82, 2.24) is 29.5 Å². The van der Waals surface area contributed by atoms with E-state index in [0.29, 0.717) is 52.8 Å². The zero-order chi connectivity index (χ0) is 26.7. The average molecular weight is 554 g/mol. The van der Waals surface area contributed by atoms with E-state index < -0.39 is 0 Å². The van der Waals surface area contributed by atoms with Gasteiger partial charge in [-0.1, -0.05) is 23.2 Å². The molecule has 1 fully saturated rings. The summed E-state index contributed by atoms with van der Waals surface area (Å²) in [6.45, 7) is 6.89. The van der Waals surface area contributed by atoms with Crippen LogP contribution in [0.25, 0.3) is 0 Å². The summed E-state index contributed by atoms with van der Waals surface area (Å²) in [7, 11) is 0. The van der Waals surface area contributed by atoms with E-state index in [1.165, 1.54) is 0 Å². The number of carbonyl (C=O) groups excluding carboxylic acids is 2. The maximum absolute atomic E-state index is 13.9. The van der Waals surface area contributed by atoms with Gasteiger partial charge in [-0.05, 0) is 51.8 Å². The molecular weight excluding hydrogens is 525 g/mol. The lowest BCUT2D eigenvalue weighted by Crippen LogP contribution is -2.45. The number of amides is 2. The summed E-state index contributed by atoms with van der Waals surface area (Å²) in [6, 6.07) is 5.06. The second-order valence-electron chi connectivity index (χ2n) is 10.6. The van der Waals surface area contributed by atoms with E-state index in [9.17, 15) is 9.59 Å². The first-order chi connectivity index (χ1) is 18.2. The summed E-state index contributed by atoms with van der Waals surface area (Å²) in [5, 5.41) is 8.86. The molecule has 2 amide bonds. The fourth-order valence-corrected chi connectivity index (χ4v) is 5.61. The topological polar surface area (TPSA) is 96.3 Å². The summed E-state index contributed by atoms with van der Waals surface area (Å²) in [5.74, 6) is 0.371. The second-order valence-corrected chi connectivity index (χ2v) is 11.4. The highest BCUT2D eigenvalue weighted by Gasteiger charge is 2.40. The summed E-state index contributed by atoms with van der Waals surface area (Å²) in [5.41, 5.74) is 3.58. The minimum atomic E-state index is -0.212. The first-order valence-corrected chi connectivity index (χ1v) is 13.7. The Hall–Kier alpha value is -3.17. The largest absolute Gasteiger partial charge is 0.351 e. The van der Waals surface area contributed by atoms with Gasteiger partial charge in [-0.15, -0.1) is 0 Å². The van der Waals surface area contributed by atoms with Crippen LogP contribution in [0.15, 0.2) is 30.6 Å². The minimum Gasteiger partial charge on any atom is -0.351 e. The van der Waals surface area contributed by atoms with E-state index in [1.54, 1.807) is 35.5 Å². The molecule has 4 heterocycles. The molecular formula is C27H29Cl2N7O2. The Bertz CT molecular complexity index is 1420. The van der Waals surface area contributed by atoms with Crippen molar-refractivity contribution in [3.8, 4) is 0 Å². The number of carbonyl (C=O) groups is 2. The van der Waals surface area contributed by atoms with Crippen LogP contribution >= 0.6 is 23.2 Å². The van der Waals surface area contributed by atoms with Gasteiger partial charge in [-0.3, -0.25) is 14.3 Å². The molecule has 2 aromatic heterocycles. The van der Waals surface area contributed by atoms with Crippen LogP contribution in [0, 0.1) is 0 Å². The van der Waals surface area contributed by atoms with Gasteiger partial charge in [-0.25, -0.2) is 9.97 Å². The van der Waals surface area contributed by atoms with Crippen LogP contribution in [0.3, 0.4) is 0 Å². The number of hydrogen-bond donors (Lipinski definition) is 1. The molecule has 0 saturated heterocycles. The summed E-state index contributed by atoms with van der Waals surface area (Å²) >= 11 is 12.2. The molecule has 1 aliphatic carbocycles. The van der Waals surface area contributed by atoms with Crippen molar-refractivity contribution in [2.45, 2.75) is 70.7 Å². The van der Waals surface area contributed by atoms with Crippen LogP contribution in [-0.2, 0) is 13.0 Å². The van der Waals surface area contributed by atoms with Gasteiger partial charge in [0.1, 0.15) is 5.69 Å². The molecule has 0 unspecified atom stereocenters. The number of aromatic nitrogens is 4. The third kappa shape index (κ3) is 4.41. The van der Waals surface area contributed by atoms with Crippen LogP contribution in [0.1, 0.15) is 83.4 Å². The molecule has 3 aromatic rings. The van der Waals surface area contributed by atoms with Crippen LogP contribution in [0.2, 0.25) is 10.0 Å². The smallest absolute Gasteiger partial charge is 0.273 e. The zero-order valence-electron chi connectivity index (χ0n) is 21.5. The number of nitrogens with one attached hydrogen (secondary N) is 1. The number of rotatable bonds is 5. The Labute approximate surface area is 231 Å². The van der Waals surface area contributed by atoms with Crippen molar-refractivity contribution in [3.05, 3.63) is 68.7 Å². The van der Waals surface area contributed by atoms with E-state index >= 15 is 0 Å². The van der Waals surface area contributed by atoms with Gasteiger partial charge in [0.25, 0.3) is 11.8 Å². The number of fused-ring (bicyclic) bond motifs is 3. The third-order valence-electron chi connectivity index (χ3n) is 7.74. The van der Waals surface area contributed by atoms with Crippen LogP contribution < -0.4 is 5.32 Å². The molecule has 6 rings (SSSR count). The maximum atomic E-state index is 13.9. The Kier molecular flexibility index (Phi) is 6.31. The highest BCUT2D eigenvalue weighted by Crippen LogP contribution is 2.35. The molecule has 3 atom stereocenters. The fourth-order valence-electron chi connectivity index (χ4n) is 5.31. The van der Waals surface area contributed by atoms with Crippen molar-refractivity contribution < 1.29 is 9.59 Å². The first kappa shape index (κ1) is 25.1. The molecule has 2 aliphatic heterocycles. The highest BCUT2D eigenvalue weighted by atomic mass is 35.5. The number of benzene rings is 1. The third-order valence-corrected chi connectivity index (χ3v) is 8.48. The number of nitrogens with zero attached hydrogens (tertiary/aromatic N) is 6. The SMILES string of the molecule is C[C@@H]1Cc2nn3c(c2CN1C(=O)c1ccc(Cl)c(Cl)c1)C(=O)N([C@@H](C)c1cnc(NC2CC2)nc1)C[C@H]3C. The molecule has 3 aliphatic rings. The standard InChI is InChI=1S/C27H29Cl2N7O2/c1-14-8-23-20(13-34(14)25(37)17-4-7-21(28)22(29)9-17)24-26(38)35(12-15(2)36(24)33-23)16(3)18-10-30-27(31-11-18)32-19-5-6-19/h4,7,9-11,14-16,19H,5-6,8,12-13H2,1-3H3,(H,30,31,32)/t14-,15-,16+/m1/s1. The Morgan fingerprint density at radius 1 is 1.11 bits per heavy atom. The molecule has 0 spiro atoms. The zero-order valence-corrected chi connectivity index (χ0v) is 23.0. The molecule has 11 heteroatoms. The first-order valence-electron chi connectivity index (χ1n) is 13.0. The summed E-state index contributed by atoms with van der Waals surface area (Å²) < 4.78 is 1.84. The van der Waals surface area contributed by atoms with E-state index in [0.717, 1.165) is 29.7 Å². The summed E-state index contributed by atoms with van der Waals surface area (Å²) in [4.78, 5) is 39.9. The van der Waals surface area contributed by atoms with E-state index in [-0.39, 0.29) is 29.9 Å². The molecule has 1 aromatic carbocycles. The van der Waals surface area contributed by atoms with Crippen molar-refractivity contribution in [1.29, 1.82) is 0 Å². The van der Waals surface area contributed by atoms with Crippen molar-refractivity contribution in [2.75, 3.05) is 11.9 Å². The van der Waals surface area contributed by atoms with Crippen molar-refractivity contribution >= 4 is 41.0 Å². The molecule has 198 valence electrons. The molecule has 0 radical (unpaired) electrons. The van der Waals surface area contributed by atoms with Crippen LogP contribution in [0.5, 0.6) is 0 Å². The fraction of sp³-hybridized carbons (Fsp3) is 0.444. The maximum Gasteiger partial charge on any atom is 0.273 e. The molecule has 0 bridgehead atoms. The normalized spacial score (nSPS) is 21.7. The van der Waals surface area contributed by atoms with Gasteiger partial charge in [0.15, 0.2) is 0 Å². The minimum absolute atomic E-state index is 0.0120. The molecule has 1 saturated carbocycles. The summed E-state index contributed by atoms with van der Waals surface area (Å²) in [6.07, 6.45) is 6.45. The monoisotopic (exact) mass is 553 g/mol. The lowest BCUT2D eigenvalue weighted by Gasteiger charge is -2.37. The molecule has 1 N–H and O–H groups in total. The average Bonchev–Trinajstić information content (AvgIpc) is 3.64. The Morgan fingerprint density at radius 2 is 1.84 bits per heavy atom. The van der Waals surface area contributed by atoms with E-state index in [2.05, 4.69) is 22.2 Å². The van der Waals surface area contributed by atoms with Gasteiger partial charge in [0, 0.05) is 54.1 Å². The number of halogens is 2. The van der Waals surface area contributed by atoms with Gasteiger partial charge in [0.05, 0.1) is 34.4 Å². The van der Waals surface area contributed by atoms with Crippen LogP contribution in [0.4, 0.5) is 5.95 Å². The molecule has 38 heavy (non-hydrogen) atoms. The van der Waals surface area contributed by atoms with E-state index in [4.69, 9.17) is 28.3 Å². The predicted octanol–water partition coefficient (Wildman–Crippen LogP) is 4.92. The predicted molar refractivity (Wildman–Crippen MR) is 145 cm³/mol. The Balaban J connectivity index is 1.27. The van der Waals surface area contributed by atoms with Crippen LogP contribution in [-0.4, -0.2) is 60.0 Å². The highest BCUT2D eigenvalue weighted by molar-refractivity contribution is 6.42. The second kappa shape index (κ2) is 9.54. The van der Waals surface area contributed by atoms with Gasteiger partial charge >= 0.3 is 0 Å². The molecule has 9 nitrogen and oxygen atoms in total. The van der Waals surface area contributed by atoms with Crippen molar-refractivity contribution in [3.63, 3.8) is 0 Å². The quantitative estimate of drug-likeness (QED) is 0.481.